The molecule has 2 aromatic carbocycles. The van der Waals surface area contributed by atoms with Crippen LogP contribution in [0.5, 0.6) is 5.75 Å². The summed E-state index contributed by atoms with van der Waals surface area (Å²) in [4.78, 5) is 24.5. The summed E-state index contributed by atoms with van der Waals surface area (Å²) in [5.41, 5.74) is 1.42. The Hall–Kier alpha value is -2.68. The topological polar surface area (TPSA) is 43.4 Å². The summed E-state index contributed by atoms with van der Waals surface area (Å²) >= 11 is 0. The average Bonchev–Trinajstić information content (AvgIpc) is 2.67. The van der Waals surface area contributed by atoms with Crippen molar-refractivity contribution in [3.63, 3.8) is 0 Å². The standard InChI is InChI=1S/C17H12O3/c18-15-11-20-16-9-5-4-8-13(16)10-14(15)17(19)12-6-2-1-3-7-12/h1-10H,11H2. The Labute approximate surface area is 116 Å². The summed E-state index contributed by atoms with van der Waals surface area (Å²) < 4.78 is 5.42. The summed E-state index contributed by atoms with van der Waals surface area (Å²) in [5, 5.41) is 0. The van der Waals surface area contributed by atoms with Gasteiger partial charge in [0, 0.05) is 11.1 Å². The third-order valence-corrected chi connectivity index (χ3v) is 3.16. The van der Waals surface area contributed by atoms with E-state index in [4.69, 9.17) is 4.74 Å². The Balaban J connectivity index is 2.05. The highest BCUT2D eigenvalue weighted by molar-refractivity contribution is 6.29. The highest BCUT2D eigenvalue weighted by Crippen LogP contribution is 2.25. The van der Waals surface area contributed by atoms with E-state index in [9.17, 15) is 9.59 Å². The molecule has 0 unspecified atom stereocenters. The summed E-state index contributed by atoms with van der Waals surface area (Å²) in [6, 6.07) is 16.1. The number of ether oxygens (including phenoxy) is 1. The SMILES string of the molecule is O=C1COc2ccccc2C=C1C(=O)c1ccccc1. The smallest absolute Gasteiger partial charge is 0.204 e. The van der Waals surface area contributed by atoms with Crippen LogP contribution in [0.25, 0.3) is 6.08 Å². The minimum atomic E-state index is -0.296. The molecule has 0 bridgehead atoms. The molecule has 1 aliphatic heterocycles. The highest BCUT2D eigenvalue weighted by Gasteiger charge is 2.23. The molecule has 0 amide bonds. The van der Waals surface area contributed by atoms with Gasteiger partial charge < -0.3 is 4.74 Å². The number of hydrogen-bond donors (Lipinski definition) is 0. The van der Waals surface area contributed by atoms with Crippen molar-refractivity contribution >= 4 is 17.6 Å². The van der Waals surface area contributed by atoms with E-state index in [-0.39, 0.29) is 23.7 Å². The summed E-state index contributed by atoms with van der Waals surface area (Å²) in [6.45, 7) is -0.110. The van der Waals surface area contributed by atoms with Gasteiger partial charge in [-0.3, -0.25) is 9.59 Å². The second kappa shape index (κ2) is 5.13. The molecule has 3 nitrogen and oxygen atoms in total. The van der Waals surface area contributed by atoms with Crippen molar-refractivity contribution in [3.8, 4) is 5.75 Å². The van der Waals surface area contributed by atoms with E-state index in [0.29, 0.717) is 11.3 Å². The monoisotopic (exact) mass is 264 g/mol. The molecule has 0 aliphatic carbocycles. The molecule has 2 aromatic rings. The van der Waals surface area contributed by atoms with Gasteiger partial charge in [-0.05, 0) is 12.1 Å². The summed E-state index contributed by atoms with van der Waals surface area (Å²) in [7, 11) is 0. The van der Waals surface area contributed by atoms with Crippen LogP contribution in [0.15, 0.2) is 60.2 Å². The van der Waals surface area contributed by atoms with E-state index < -0.39 is 0 Å². The van der Waals surface area contributed by atoms with Gasteiger partial charge in [0.05, 0.1) is 5.57 Å². The van der Waals surface area contributed by atoms with Gasteiger partial charge >= 0.3 is 0 Å². The zero-order chi connectivity index (χ0) is 13.9. The van der Waals surface area contributed by atoms with Crippen LogP contribution < -0.4 is 4.74 Å². The van der Waals surface area contributed by atoms with Gasteiger partial charge in [0.2, 0.25) is 5.78 Å². The molecule has 0 radical (unpaired) electrons. The molecular formula is C17H12O3. The van der Waals surface area contributed by atoms with Crippen molar-refractivity contribution in [3.05, 3.63) is 71.3 Å². The maximum atomic E-state index is 12.4. The minimum Gasteiger partial charge on any atom is -0.485 e. The number of carbonyl (C=O) groups is 2. The molecule has 20 heavy (non-hydrogen) atoms. The molecule has 0 saturated carbocycles. The van der Waals surface area contributed by atoms with Crippen LogP contribution in [0, 0.1) is 0 Å². The lowest BCUT2D eigenvalue weighted by molar-refractivity contribution is -0.116. The van der Waals surface area contributed by atoms with Crippen molar-refractivity contribution in [2.45, 2.75) is 0 Å². The van der Waals surface area contributed by atoms with E-state index >= 15 is 0 Å². The first-order chi connectivity index (χ1) is 9.75. The van der Waals surface area contributed by atoms with Crippen molar-refractivity contribution in [2.75, 3.05) is 6.61 Å². The van der Waals surface area contributed by atoms with E-state index in [1.807, 2.05) is 24.3 Å². The summed E-state index contributed by atoms with van der Waals surface area (Å²) in [6.07, 6.45) is 1.61. The van der Waals surface area contributed by atoms with E-state index in [1.165, 1.54) is 0 Å². The predicted molar refractivity (Wildman–Crippen MR) is 75.7 cm³/mol. The Bertz CT molecular complexity index is 699. The van der Waals surface area contributed by atoms with Crippen molar-refractivity contribution in [1.29, 1.82) is 0 Å². The first-order valence-electron chi connectivity index (χ1n) is 6.32. The molecule has 1 aliphatic rings. The fourth-order valence-corrected chi connectivity index (χ4v) is 2.13. The van der Waals surface area contributed by atoms with Gasteiger partial charge in [-0.25, -0.2) is 0 Å². The first kappa shape index (κ1) is 12.4. The van der Waals surface area contributed by atoms with Gasteiger partial charge in [0.1, 0.15) is 5.75 Å². The second-order valence-electron chi connectivity index (χ2n) is 4.50. The number of carbonyl (C=O) groups excluding carboxylic acids is 2. The minimum absolute atomic E-state index is 0.110. The molecule has 0 N–H and O–H groups in total. The zero-order valence-electron chi connectivity index (χ0n) is 10.7. The number of rotatable bonds is 2. The van der Waals surface area contributed by atoms with Crippen molar-refractivity contribution < 1.29 is 14.3 Å². The number of fused-ring (bicyclic) bond motifs is 1. The molecule has 0 saturated heterocycles. The van der Waals surface area contributed by atoms with Crippen molar-refractivity contribution in [2.24, 2.45) is 0 Å². The highest BCUT2D eigenvalue weighted by atomic mass is 16.5. The van der Waals surface area contributed by atoms with E-state index in [2.05, 4.69) is 0 Å². The largest absolute Gasteiger partial charge is 0.485 e. The van der Waals surface area contributed by atoms with Gasteiger partial charge in [0.25, 0.3) is 0 Å². The van der Waals surface area contributed by atoms with Gasteiger partial charge in [-0.2, -0.15) is 0 Å². The molecule has 0 atom stereocenters. The number of benzene rings is 2. The third kappa shape index (κ3) is 2.26. The van der Waals surface area contributed by atoms with Crippen LogP contribution in [0.1, 0.15) is 15.9 Å². The normalized spacial score (nSPS) is 13.8. The summed E-state index contributed by atoms with van der Waals surface area (Å²) in [5.74, 6) is 0.0580. The van der Waals surface area contributed by atoms with Crippen LogP contribution in [0.4, 0.5) is 0 Å². The predicted octanol–water partition coefficient (Wildman–Crippen LogP) is 2.91. The van der Waals surface area contributed by atoms with E-state index in [0.717, 1.165) is 5.56 Å². The number of Topliss-reactive ketones (excluding diaryl/α,β-unsaturated/α-hetero) is 2. The number of ketones is 2. The van der Waals surface area contributed by atoms with Crippen molar-refractivity contribution in [1.82, 2.24) is 0 Å². The fraction of sp³-hybridized carbons (Fsp3) is 0.0588. The molecular weight excluding hydrogens is 252 g/mol. The van der Waals surface area contributed by atoms with Crippen LogP contribution >= 0.6 is 0 Å². The van der Waals surface area contributed by atoms with Gasteiger partial charge in [-0.15, -0.1) is 0 Å². The number of hydrogen-bond acceptors (Lipinski definition) is 3. The Kier molecular flexibility index (Phi) is 3.17. The fourth-order valence-electron chi connectivity index (χ4n) is 2.13. The molecule has 0 spiro atoms. The van der Waals surface area contributed by atoms with Crippen LogP contribution in [-0.2, 0) is 4.79 Å². The third-order valence-electron chi connectivity index (χ3n) is 3.16. The van der Waals surface area contributed by atoms with Crippen LogP contribution in [-0.4, -0.2) is 18.2 Å². The van der Waals surface area contributed by atoms with Crippen LogP contribution in [0.3, 0.4) is 0 Å². The Morgan fingerprint density at radius 3 is 2.45 bits per heavy atom. The quantitative estimate of drug-likeness (QED) is 0.618. The molecule has 3 heteroatoms. The maximum Gasteiger partial charge on any atom is 0.204 e. The lowest BCUT2D eigenvalue weighted by Crippen LogP contribution is -2.18. The van der Waals surface area contributed by atoms with Crippen LogP contribution in [0.2, 0.25) is 0 Å². The molecule has 98 valence electrons. The lowest BCUT2D eigenvalue weighted by Gasteiger charge is -2.04. The Morgan fingerprint density at radius 1 is 0.950 bits per heavy atom. The second-order valence-corrected chi connectivity index (χ2v) is 4.50. The average molecular weight is 264 g/mol. The molecule has 3 rings (SSSR count). The molecule has 0 fully saturated rings. The number of para-hydroxylation sites is 1. The maximum absolute atomic E-state index is 12.4. The van der Waals surface area contributed by atoms with Gasteiger partial charge in [0.15, 0.2) is 12.4 Å². The molecule has 1 heterocycles. The molecule has 0 aromatic heterocycles. The van der Waals surface area contributed by atoms with E-state index in [1.54, 1.807) is 36.4 Å². The lowest BCUT2D eigenvalue weighted by atomic mass is 9.98. The van der Waals surface area contributed by atoms with Gasteiger partial charge in [-0.1, -0.05) is 48.5 Å². The first-order valence-corrected chi connectivity index (χ1v) is 6.32. The Morgan fingerprint density at radius 2 is 1.65 bits per heavy atom. The zero-order valence-corrected chi connectivity index (χ0v) is 10.7.